The number of sulfonamides is 1. The Morgan fingerprint density at radius 1 is 1.20 bits per heavy atom. The minimum Gasteiger partial charge on any atom is -0.497 e. The van der Waals surface area contributed by atoms with Gasteiger partial charge in [-0.2, -0.15) is 0 Å². The lowest BCUT2D eigenvalue weighted by atomic mass is 10.3. The van der Waals surface area contributed by atoms with Gasteiger partial charge in [0.15, 0.2) is 0 Å². The second kappa shape index (κ2) is 13.6. The molecule has 2 rings (SSSR count). The summed E-state index contributed by atoms with van der Waals surface area (Å²) >= 11 is 0. The van der Waals surface area contributed by atoms with E-state index in [2.05, 4.69) is 16.6 Å². The predicted molar refractivity (Wildman–Crippen MR) is 130 cm³/mol. The molecular weight excluding hydrogens is 487 g/mol. The number of nitrogens with zero attached hydrogens (tertiary/aromatic N) is 2. The summed E-state index contributed by atoms with van der Waals surface area (Å²) in [5.41, 5.74) is 9.73. The van der Waals surface area contributed by atoms with Gasteiger partial charge in [0.25, 0.3) is 17.0 Å². The van der Waals surface area contributed by atoms with E-state index < -0.39 is 21.5 Å². The normalized spacial score (nSPS) is 10.3. The third-order valence-electron chi connectivity index (χ3n) is 4.28. The SMILES string of the molecule is C.COc1ccc(OC)c(S(=O)(=O)Nc2ccc(C)n(CC(=O)NCCON=C(N)N)c2=O)c1.[3H]F. The zero-order valence-corrected chi connectivity index (χ0v) is 19.5. The van der Waals surface area contributed by atoms with E-state index in [1.807, 2.05) is 0 Å². The second-order valence-corrected chi connectivity index (χ2v) is 8.25. The lowest BCUT2D eigenvalue weighted by Crippen LogP contribution is -2.36. The van der Waals surface area contributed by atoms with Gasteiger partial charge in [-0.25, -0.2) is 8.42 Å². The molecule has 0 bridgehead atoms. The first-order valence-corrected chi connectivity index (χ1v) is 11.0. The first-order chi connectivity index (χ1) is 16.6. The van der Waals surface area contributed by atoms with Gasteiger partial charge in [-0.1, -0.05) is 7.43 Å². The number of aryl methyl sites for hydroxylation is 1. The Labute approximate surface area is 204 Å². The molecule has 1 aromatic carbocycles. The number of halogens is 1. The van der Waals surface area contributed by atoms with Gasteiger partial charge in [-0.15, -0.1) is 0 Å². The van der Waals surface area contributed by atoms with Crippen LogP contribution in [0.2, 0.25) is 0 Å². The number of carbonyl (C=O) groups is 1. The smallest absolute Gasteiger partial charge is 0.275 e. The van der Waals surface area contributed by atoms with Crippen molar-refractivity contribution in [2.24, 2.45) is 16.6 Å². The fraction of sp³-hybridized carbons (Fsp3) is 0.350. The summed E-state index contributed by atoms with van der Waals surface area (Å²) in [6.07, 6.45) is 0. The van der Waals surface area contributed by atoms with Crippen LogP contribution in [0, 0.1) is 6.92 Å². The summed E-state index contributed by atoms with van der Waals surface area (Å²) < 4.78 is 52.5. The minimum absolute atomic E-state index is 0. The number of nitrogens with two attached hydrogens (primary N) is 2. The summed E-state index contributed by atoms with van der Waals surface area (Å²) in [4.78, 5) is 29.6. The maximum atomic E-state index is 13.0. The van der Waals surface area contributed by atoms with E-state index in [-0.39, 0.29) is 55.2 Å². The van der Waals surface area contributed by atoms with Crippen LogP contribution in [-0.4, -0.2) is 53.7 Å². The molecule has 0 fully saturated rings. The number of oxime groups is 1. The lowest BCUT2D eigenvalue weighted by molar-refractivity contribution is -0.122. The molecule has 15 heteroatoms. The van der Waals surface area contributed by atoms with E-state index in [0.29, 0.717) is 5.69 Å². The van der Waals surface area contributed by atoms with Crippen molar-refractivity contribution in [2.75, 3.05) is 32.1 Å². The number of amides is 1. The Bertz CT molecular complexity index is 1200. The molecule has 1 heterocycles. The van der Waals surface area contributed by atoms with Crippen molar-refractivity contribution in [3.63, 3.8) is 0 Å². The zero-order valence-electron chi connectivity index (χ0n) is 19.7. The number of carbonyl (C=O) groups excluding carboxylic acids is 1. The third-order valence-corrected chi connectivity index (χ3v) is 5.67. The monoisotopic (exact) mass is 520 g/mol. The molecule has 0 aliphatic carbocycles. The first-order valence-electron chi connectivity index (χ1n) is 9.89. The molecule has 0 saturated carbocycles. The molecule has 6 N–H and O–H groups in total. The molecule has 196 valence electrons. The van der Waals surface area contributed by atoms with Crippen molar-refractivity contribution in [3.8, 4) is 11.5 Å². The summed E-state index contributed by atoms with van der Waals surface area (Å²) in [7, 11) is -1.50. The van der Waals surface area contributed by atoms with Crippen molar-refractivity contribution in [2.45, 2.75) is 25.8 Å². The van der Waals surface area contributed by atoms with E-state index in [9.17, 15) is 18.0 Å². The van der Waals surface area contributed by atoms with Crippen LogP contribution in [0.3, 0.4) is 0 Å². The average Bonchev–Trinajstić information content (AvgIpc) is 2.84. The van der Waals surface area contributed by atoms with E-state index in [4.69, 9.17) is 30.5 Å². The number of nitrogens with one attached hydrogen (secondary N) is 2. The number of aromatic nitrogens is 1. The summed E-state index contributed by atoms with van der Waals surface area (Å²) in [6.45, 7) is 1.37. The predicted octanol–water partition coefficient (Wildman–Crippen LogP) is 0.0845. The molecule has 0 atom stereocenters. The van der Waals surface area contributed by atoms with Gasteiger partial charge in [-0.05, 0) is 36.3 Å². The number of hydrogen-bond donors (Lipinski definition) is 4. The fourth-order valence-electron chi connectivity index (χ4n) is 2.69. The second-order valence-electron chi connectivity index (χ2n) is 6.60. The molecule has 0 aliphatic heterocycles. The van der Waals surface area contributed by atoms with Crippen LogP contribution in [0.5, 0.6) is 11.5 Å². The summed E-state index contributed by atoms with van der Waals surface area (Å²) in [6, 6.07) is 7.07. The van der Waals surface area contributed by atoms with Gasteiger partial charge in [0.05, 0.1) is 20.8 Å². The number of methoxy groups -OCH3 is 2. The fourth-order valence-corrected chi connectivity index (χ4v) is 3.94. The van der Waals surface area contributed by atoms with Crippen LogP contribution >= 0.6 is 0 Å². The van der Waals surface area contributed by atoms with Gasteiger partial charge in [0, 0.05) is 11.8 Å². The molecular formula is C20H31FN6O7S. The van der Waals surface area contributed by atoms with Crippen molar-refractivity contribution in [1.82, 2.24) is 9.88 Å². The molecule has 0 aliphatic rings. The lowest BCUT2D eigenvalue weighted by Gasteiger charge is -2.15. The van der Waals surface area contributed by atoms with Gasteiger partial charge >= 0.3 is 0 Å². The minimum atomic E-state index is -4.22. The molecule has 1 amide bonds. The molecule has 0 unspecified atom stereocenters. The number of benzene rings is 1. The van der Waals surface area contributed by atoms with Gasteiger partial charge in [-0.3, -0.25) is 19.0 Å². The Morgan fingerprint density at radius 2 is 1.89 bits per heavy atom. The van der Waals surface area contributed by atoms with Crippen LogP contribution in [0.25, 0.3) is 0 Å². The van der Waals surface area contributed by atoms with Gasteiger partial charge in [0.1, 0.15) is 35.2 Å². The van der Waals surface area contributed by atoms with Crippen LogP contribution in [-0.2, 0) is 26.2 Å². The quantitative estimate of drug-likeness (QED) is 0.138. The first kappa shape index (κ1) is 29.0. The molecule has 2 aromatic rings. The Morgan fingerprint density at radius 3 is 2.49 bits per heavy atom. The van der Waals surface area contributed by atoms with Crippen molar-refractivity contribution >= 4 is 27.6 Å². The highest BCUT2D eigenvalue weighted by Crippen LogP contribution is 2.29. The van der Waals surface area contributed by atoms with Gasteiger partial charge < -0.3 is 35.7 Å². The van der Waals surface area contributed by atoms with E-state index in [1.54, 1.807) is 6.92 Å². The topological polar surface area (TPSA) is 189 Å². The molecule has 1 aromatic heterocycles. The van der Waals surface area contributed by atoms with Crippen molar-refractivity contribution in [3.05, 3.63) is 46.4 Å². The van der Waals surface area contributed by atoms with E-state index in [0.717, 1.165) is 4.57 Å². The highest BCUT2D eigenvalue weighted by Gasteiger charge is 2.23. The summed E-state index contributed by atoms with van der Waals surface area (Å²) in [5.74, 6) is -0.395. The number of rotatable bonds is 11. The highest BCUT2D eigenvalue weighted by atomic mass is 32.2. The highest BCUT2D eigenvalue weighted by molar-refractivity contribution is 7.92. The Kier molecular flexibility index (Phi) is 11.3. The van der Waals surface area contributed by atoms with Crippen LogP contribution in [0.4, 0.5) is 10.4 Å². The average molecular weight is 521 g/mol. The zero-order chi connectivity index (χ0) is 26.6. The van der Waals surface area contributed by atoms with Crippen molar-refractivity contribution < 1.29 is 32.2 Å². The van der Waals surface area contributed by atoms with E-state index >= 15 is 0 Å². The van der Waals surface area contributed by atoms with Crippen LogP contribution < -0.4 is 36.5 Å². The number of hydrogen-bond acceptors (Lipinski definition) is 8. The number of pyridine rings is 1. The summed E-state index contributed by atoms with van der Waals surface area (Å²) in [5, 5.41) is 5.85. The third kappa shape index (κ3) is 8.37. The Balaban J connectivity index is 0.00000398. The maximum Gasteiger partial charge on any atom is 0.275 e. The Hall–Kier alpha value is -4.01. The molecule has 13 nitrogen and oxygen atoms in total. The van der Waals surface area contributed by atoms with E-state index in [1.165, 1.54) is 44.6 Å². The standard InChI is InChI=1S/C19H26N6O7S.CH4.FH/c1-12-4-6-14(18(27)25(12)11-17(26)22-8-9-32-23-19(20)21)24-33(28,29)16-10-13(30-2)5-7-15(16)31-3;;/h4-7,10,24H,8-9,11H2,1-3H3,(H,22,26)(H4,20,21,23);1H4;1H/i/hT. The molecule has 0 spiro atoms. The number of ether oxygens (including phenoxy) is 2. The maximum absolute atomic E-state index is 13.0. The number of guanidine groups is 1. The van der Waals surface area contributed by atoms with Gasteiger partial charge in [0.2, 0.25) is 11.9 Å². The molecule has 35 heavy (non-hydrogen) atoms. The molecule has 0 saturated heterocycles. The molecule has 0 radical (unpaired) electrons. The van der Waals surface area contributed by atoms with Crippen molar-refractivity contribution in [1.29, 1.82) is 1.45 Å². The number of anilines is 1. The largest absolute Gasteiger partial charge is 0.497 e. The van der Waals surface area contributed by atoms with Crippen LogP contribution in [0.15, 0.2) is 45.2 Å². The van der Waals surface area contributed by atoms with Crippen LogP contribution in [0.1, 0.15) is 13.1 Å².